The third-order valence-electron chi connectivity index (χ3n) is 5.97. The maximum atomic E-state index is 12.3. The molecule has 5 rings (SSSR count). The van der Waals surface area contributed by atoms with Crippen molar-refractivity contribution < 1.29 is 4.79 Å². The molecular formula is C25H25N5OS. The number of carbonyl (C=O) groups excluding carboxylic acids is 1. The van der Waals surface area contributed by atoms with Crippen LogP contribution in [0.3, 0.4) is 0 Å². The van der Waals surface area contributed by atoms with Gasteiger partial charge in [-0.2, -0.15) is 0 Å². The third-order valence-corrected chi connectivity index (χ3v) is 6.85. The molecule has 1 amide bonds. The Hall–Kier alpha value is -3.29. The van der Waals surface area contributed by atoms with Gasteiger partial charge in [0.2, 0.25) is 5.91 Å². The summed E-state index contributed by atoms with van der Waals surface area (Å²) in [5, 5.41) is 3.28. The maximum absolute atomic E-state index is 12.3. The summed E-state index contributed by atoms with van der Waals surface area (Å²) >= 11 is 1.66. The molecule has 1 fully saturated rings. The molecule has 2 aromatic heterocycles. The van der Waals surface area contributed by atoms with Crippen molar-refractivity contribution in [1.82, 2.24) is 14.9 Å². The van der Waals surface area contributed by atoms with Gasteiger partial charge < -0.3 is 10.6 Å². The number of fused-ring (bicyclic) bond motifs is 1. The highest BCUT2D eigenvalue weighted by atomic mass is 32.1. The summed E-state index contributed by atoms with van der Waals surface area (Å²) in [7, 11) is 0. The van der Waals surface area contributed by atoms with E-state index in [1.807, 2.05) is 43.3 Å². The lowest BCUT2D eigenvalue weighted by Gasteiger charge is -2.39. The molecule has 6 nitrogen and oxygen atoms in total. The van der Waals surface area contributed by atoms with Crippen LogP contribution in [-0.4, -0.2) is 47.0 Å². The van der Waals surface area contributed by atoms with E-state index in [0.29, 0.717) is 0 Å². The quantitative estimate of drug-likeness (QED) is 0.504. The molecule has 1 saturated heterocycles. The van der Waals surface area contributed by atoms with Crippen LogP contribution in [0.5, 0.6) is 0 Å². The van der Waals surface area contributed by atoms with Crippen LogP contribution in [-0.2, 0) is 4.79 Å². The zero-order chi connectivity index (χ0) is 22.1. The Morgan fingerprint density at radius 1 is 0.969 bits per heavy atom. The van der Waals surface area contributed by atoms with Crippen molar-refractivity contribution in [2.45, 2.75) is 13.0 Å². The third kappa shape index (κ3) is 3.85. The van der Waals surface area contributed by atoms with E-state index in [-0.39, 0.29) is 5.91 Å². The number of primary amides is 1. The summed E-state index contributed by atoms with van der Waals surface area (Å²) in [6.45, 7) is 4.95. The topological polar surface area (TPSA) is 75.3 Å². The molecule has 0 unspecified atom stereocenters. The average molecular weight is 444 g/mol. The number of anilines is 1. The molecule has 2 N–H and O–H groups in total. The fraction of sp³-hybridized carbons (Fsp3) is 0.240. The summed E-state index contributed by atoms with van der Waals surface area (Å²) in [5.74, 6) is 1.44. The van der Waals surface area contributed by atoms with Crippen molar-refractivity contribution in [3.05, 3.63) is 77.4 Å². The van der Waals surface area contributed by atoms with Crippen LogP contribution in [0.25, 0.3) is 21.3 Å². The van der Waals surface area contributed by atoms with Gasteiger partial charge >= 0.3 is 0 Å². The molecule has 0 saturated carbocycles. The molecular weight excluding hydrogens is 418 g/mol. The number of carbonyl (C=O) groups is 1. The predicted octanol–water partition coefficient (Wildman–Crippen LogP) is 4.02. The molecule has 1 aliphatic heterocycles. The van der Waals surface area contributed by atoms with Gasteiger partial charge in [0.05, 0.1) is 5.39 Å². The SMILES string of the molecule is Cc1nc(N2CCN([C@@H](C(N)=O)c3ccccc3)CC2)c2c(-c3ccccc3)csc2n1. The second-order valence-corrected chi connectivity index (χ2v) is 8.89. The number of benzene rings is 2. The van der Waals surface area contributed by atoms with Crippen LogP contribution in [0.1, 0.15) is 17.4 Å². The minimum Gasteiger partial charge on any atom is -0.368 e. The highest BCUT2D eigenvalue weighted by molar-refractivity contribution is 7.17. The van der Waals surface area contributed by atoms with Crippen molar-refractivity contribution >= 4 is 33.3 Å². The number of rotatable bonds is 5. The van der Waals surface area contributed by atoms with E-state index in [9.17, 15) is 4.79 Å². The van der Waals surface area contributed by atoms with Crippen molar-refractivity contribution in [2.24, 2.45) is 5.73 Å². The summed E-state index contributed by atoms with van der Waals surface area (Å²) in [6, 6.07) is 19.8. The van der Waals surface area contributed by atoms with Crippen LogP contribution in [0, 0.1) is 6.92 Å². The normalized spacial score (nSPS) is 15.7. The minimum atomic E-state index is -0.411. The number of nitrogens with zero attached hydrogens (tertiary/aromatic N) is 4. The summed E-state index contributed by atoms with van der Waals surface area (Å²) in [6.07, 6.45) is 0. The number of piperazine rings is 1. The van der Waals surface area contributed by atoms with Gasteiger partial charge in [-0.05, 0) is 18.1 Å². The lowest BCUT2D eigenvalue weighted by Crippen LogP contribution is -2.50. The standard InChI is InChI=1S/C25H25N5OS/c1-17-27-24(21-20(16-32-25(21)28-17)18-8-4-2-5-9-18)30-14-12-29(13-15-30)22(23(26)31)19-10-6-3-7-11-19/h2-11,16,22H,12-15H2,1H3,(H2,26,31)/t22-/m1/s1. The fourth-order valence-electron chi connectivity index (χ4n) is 4.47. The van der Waals surface area contributed by atoms with Gasteiger partial charge in [-0.15, -0.1) is 11.3 Å². The monoisotopic (exact) mass is 443 g/mol. The number of hydrogen-bond donors (Lipinski definition) is 1. The van der Waals surface area contributed by atoms with E-state index in [2.05, 4.69) is 39.4 Å². The van der Waals surface area contributed by atoms with Crippen LogP contribution in [0.2, 0.25) is 0 Å². The number of thiophene rings is 1. The maximum Gasteiger partial charge on any atom is 0.239 e. The molecule has 0 aliphatic carbocycles. The molecule has 32 heavy (non-hydrogen) atoms. The second-order valence-electron chi connectivity index (χ2n) is 8.03. The first-order chi connectivity index (χ1) is 15.6. The highest BCUT2D eigenvalue weighted by Gasteiger charge is 2.30. The molecule has 7 heteroatoms. The van der Waals surface area contributed by atoms with Crippen molar-refractivity contribution in [2.75, 3.05) is 31.1 Å². The highest BCUT2D eigenvalue weighted by Crippen LogP contribution is 2.38. The molecule has 1 aliphatic rings. The Bertz CT molecular complexity index is 1230. The molecule has 3 heterocycles. The van der Waals surface area contributed by atoms with E-state index in [1.54, 1.807) is 11.3 Å². The smallest absolute Gasteiger partial charge is 0.239 e. The Morgan fingerprint density at radius 2 is 1.62 bits per heavy atom. The first-order valence-electron chi connectivity index (χ1n) is 10.8. The summed E-state index contributed by atoms with van der Waals surface area (Å²) in [4.78, 5) is 27.3. The first kappa shape index (κ1) is 20.6. The van der Waals surface area contributed by atoms with E-state index in [0.717, 1.165) is 53.6 Å². The van der Waals surface area contributed by atoms with E-state index >= 15 is 0 Å². The second kappa shape index (κ2) is 8.68. The number of nitrogens with two attached hydrogens (primary N) is 1. The van der Waals surface area contributed by atoms with Gasteiger partial charge in [0.15, 0.2) is 0 Å². The zero-order valence-electron chi connectivity index (χ0n) is 17.9. The van der Waals surface area contributed by atoms with E-state index in [4.69, 9.17) is 15.7 Å². The first-order valence-corrected chi connectivity index (χ1v) is 11.6. The predicted molar refractivity (Wildman–Crippen MR) is 130 cm³/mol. The molecule has 162 valence electrons. The molecule has 1 atom stereocenters. The number of aryl methyl sites for hydroxylation is 1. The average Bonchev–Trinajstić information content (AvgIpc) is 3.24. The van der Waals surface area contributed by atoms with E-state index in [1.165, 1.54) is 11.1 Å². The van der Waals surface area contributed by atoms with Gasteiger partial charge in [-0.3, -0.25) is 9.69 Å². The summed E-state index contributed by atoms with van der Waals surface area (Å²) in [5.41, 5.74) is 9.08. The van der Waals surface area contributed by atoms with Crippen LogP contribution in [0.4, 0.5) is 5.82 Å². The Balaban J connectivity index is 1.45. The van der Waals surface area contributed by atoms with E-state index < -0.39 is 6.04 Å². The Labute approximate surface area is 191 Å². The number of amides is 1. The van der Waals surface area contributed by atoms with Gasteiger partial charge in [-0.25, -0.2) is 9.97 Å². The van der Waals surface area contributed by atoms with Crippen LogP contribution >= 0.6 is 11.3 Å². The molecule has 2 aromatic carbocycles. The van der Waals surface area contributed by atoms with Gasteiger partial charge in [-0.1, -0.05) is 60.7 Å². The Morgan fingerprint density at radius 3 is 2.28 bits per heavy atom. The zero-order valence-corrected chi connectivity index (χ0v) is 18.8. The lowest BCUT2D eigenvalue weighted by atomic mass is 10.0. The largest absolute Gasteiger partial charge is 0.368 e. The van der Waals surface area contributed by atoms with Crippen LogP contribution < -0.4 is 10.6 Å². The lowest BCUT2D eigenvalue weighted by molar-refractivity contribution is -0.123. The van der Waals surface area contributed by atoms with Gasteiger partial charge in [0.25, 0.3) is 0 Å². The molecule has 0 radical (unpaired) electrons. The van der Waals surface area contributed by atoms with Gasteiger partial charge in [0.1, 0.15) is 22.5 Å². The minimum absolute atomic E-state index is 0.311. The molecule has 4 aromatic rings. The van der Waals surface area contributed by atoms with Crippen LogP contribution in [0.15, 0.2) is 66.0 Å². The fourth-order valence-corrected chi connectivity index (χ4v) is 5.46. The molecule has 0 spiro atoms. The molecule has 0 bridgehead atoms. The van der Waals surface area contributed by atoms with Crippen molar-refractivity contribution in [3.63, 3.8) is 0 Å². The van der Waals surface area contributed by atoms with Crippen molar-refractivity contribution in [3.8, 4) is 11.1 Å². The number of aromatic nitrogens is 2. The van der Waals surface area contributed by atoms with Crippen molar-refractivity contribution in [1.29, 1.82) is 0 Å². The number of hydrogen-bond acceptors (Lipinski definition) is 6. The Kier molecular flexibility index (Phi) is 5.59. The summed E-state index contributed by atoms with van der Waals surface area (Å²) < 4.78 is 0. The van der Waals surface area contributed by atoms with Gasteiger partial charge in [0, 0.05) is 37.1 Å².